The number of furan rings is 1. The highest BCUT2D eigenvalue weighted by Crippen LogP contribution is 2.51. The van der Waals surface area contributed by atoms with Crippen molar-refractivity contribution in [1.82, 2.24) is 4.98 Å². The van der Waals surface area contributed by atoms with Crippen LogP contribution in [0, 0.1) is 19.3 Å². The van der Waals surface area contributed by atoms with Gasteiger partial charge < -0.3 is 9.32 Å². The summed E-state index contributed by atoms with van der Waals surface area (Å²) in [6, 6.07) is 6.31. The van der Waals surface area contributed by atoms with E-state index in [9.17, 15) is 0 Å². The summed E-state index contributed by atoms with van der Waals surface area (Å²) in [5.74, 6) is 0. The van der Waals surface area contributed by atoms with Crippen LogP contribution in [0.3, 0.4) is 0 Å². The number of pyridine rings is 1. The predicted molar refractivity (Wildman–Crippen MR) is 105 cm³/mol. The van der Waals surface area contributed by atoms with Crippen LogP contribution in [-0.2, 0) is 0 Å². The second-order valence-electron chi connectivity index (χ2n) is 7.55. The van der Waals surface area contributed by atoms with Crippen LogP contribution in [0.2, 0.25) is 0 Å². The van der Waals surface area contributed by atoms with Gasteiger partial charge in [-0.25, -0.2) is 4.98 Å². The lowest BCUT2D eigenvalue weighted by atomic mass is 9.82. The molecule has 3 heterocycles. The Kier molecular flexibility index (Phi) is 1.92. The standard InChI is InChI=1S/C22H28N2O/c1-13-8-10-16-17-11-9-14(2)23-20(17)25-19(16)18(13)24-15(3)21(4,5)12-22(24,6)7/h8-11,15H,12H2,1-7H3/i4D3,5D3,12D2. The number of aromatic nitrogens is 1. The van der Waals surface area contributed by atoms with Crippen LogP contribution in [0.4, 0.5) is 5.69 Å². The minimum Gasteiger partial charge on any atom is -0.436 e. The van der Waals surface area contributed by atoms with Crippen molar-refractivity contribution in [3.63, 3.8) is 0 Å². The van der Waals surface area contributed by atoms with E-state index < -0.39 is 37.1 Å². The summed E-state index contributed by atoms with van der Waals surface area (Å²) < 4.78 is 73.6. The zero-order chi connectivity index (χ0) is 24.9. The van der Waals surface area contributed by atoms with Gasteiger partial charge >= 0.3 is 0 Å². The molecule has 0 radical (unpaired) electrons. The van der Waals surface area contributed by atoms with Crippen LogP contribution < -0.4 is 4.90 Å². The highest BCUT2D eigenvalue weighted by Gasteiger charge is 2.49. The Hall–Kier alpha value is -2.03. The Morgan fingerprint density at radius 1 is 1.20 bits per heavy atom. The number of hydrogen-bond donors (Lipinski definition) is 0. The summed E-state index contributed by atoms with van der Waals surface area (Å²) in [4.78, 5) is 6.07. The summed E-state index contributed by atoms with van der Waals surface area (Å²) in [5, 5.41) is 1.53. The van der Waals surface area contributed by atoms with Crippen molar-refractivity contribution in [2.45, 2.75) is 66.3 Å². The minimum absolute atomic E-state index is 0.419. The predicted octanol–water partition coefficient (Wildman–Crippen LogP) is 6.00. The lowest BCUT2D eigenvalue weighted by molar-refractivity contribution is 0.329. The van der Waals surface area contributed by atoms with Crippen molar-refractivity contribution in [2.24, 2.45) is 5.41 Å². The Morgan fingerprint density at radius 2 is 1.92 bits per heavy atom. The fourth-order valence-electron chi connectivity index (χ4n) is 3.99. The second-order valence-corrected chi connectivity index (χ2v) is 7.55. The molecule has 1 aromatic carbocycles. The molecule has 0 spiro atoms. The van der Waals surface area contributed by atoms with Crippen molar-refractivity contribution >= 4 is 27.8 Å². The molecule has 3 heteroatoms. The highest BCUT2D eigenvalue weighted by atomic mass is 16.3. The number of hydrogen-bond acceptors (Lipinski definition) is 3. The lowest BCUT2D eigenvalue weighted by Gasteiger charge is -2.38. The van der Waals surface area contributed by atoms with Gasteiger partial charge in [-0.3, -0.25) is 0 Å². The molecule has 3 aromatic rings. The SMILES string of the molecule is [2H]C([2H])([2H])C1(C([2H])([2H])[2H])C(C)N(c2c(C)ccc3c2oc2nc(C)ccc23)C(C)(C)C1([2H])[2H]. The second kappa shape index (κ2) is 5.00. The van der Waals surface area contributed by atoms with Crippen molar-refractivity contribution < 1.29 is 15.4 Å². The number of aryl methyl sites for hydroxylation is 2. The van der Waals surface area contributed by atoms with Crippen molar-refractivity contribution in [1.29, 1.82) is 0 Å². The van der Waals surface area contributed by atoms with E-state index >= 15 is 0 Å². The molecule has 4 rings (SSSR count). The van der Waals surface area contributed by atoms with Gasteiger partial charge in [0.2, 0.25) is 5.71 Å². The van der Waals surface area contributed by atoms with E-state index in [0.29, 0.717) is 17.0 Å². The first-order valence-electron chi connectivity index (χ1n) is 12.5. The smallest absolute Gasteiger partial charge is 0.227 e. The highest BCUT2D eigenvalue weighted by molar-refractivity contribution is 6.08. The Labute approximate surface area is 161 Å². The molecule has 1 atom stereocenters. The van der Waals surface area contributed by atoms with Gasteiger partial charge in [0.1, 0.15) is 0 Å². The van der Waals surface area contributed by atoms with E-state index in [2.05, 4.69) is 4.98 Å². The molecule has 1 fully saturated rings. The molecular weight excluding hydrogens is 308 g/mol. The summed E-state index contributed by atoms with van der Waals surface area (Å²) >= 11 is 0. The Bertz CT molecular complexity index is 1240. The fraction of sp³-hybridized carbons (Fsp3) is 0.500. The number of fused-ring (bicyclic) bond motifs is 3. The van der Waals surface area contributed by atoms with Crippen LogP contribution in [0.1, 0.15) is 63.1 Å². The molecule has 0 saturated carbocycles. The van der Waals surface area contributed by atoms with E-state index in [1.165, 1.54) is 6.92 Å². The first-order chi connectivity index (χ1) is 14.9. The van der Waals surface area contributed by atoms with Crippen molar-refractivity contribution in [3.05, 3.63) is 35.5 Å². The van der Waals surface area contributed by atoms with Crippen molar-refractivity contribution in [3.8, 4) is 0 Å². The maximum atomic E-state index is 8.99. The van der Waals surface area contributed by atoms with Gasteiger partial charge in [-0.2, -0.15) is 0 Å². The average Bonchev–Trinajstić information content (AvgIpc) is 3.03. The molecule has 1 aliphatic heterocycles. The maximum Gasteiger partial charge on any atom is 0.227 e. The molecule has 25 heavy (non-hydrogen) atoms. The Balaban J connectivity index is 2.12. The molecule has 1 saturated heterocycles. The molecule has 2 aromatic heterocycles. The summed E-state index contributed by atoms with van der Waals surface area (Å²) in [6.45, 7) is 2.10. The number of rotatable bonds is 1. The molecule has 3 nitrogen and oxygen atoms in total. The van der Waals surface area contributed by atoms with E-state index in [1.807, 2.05) is 38.1 Å². The molecule has 1 aliphatic rings. The largest absolute Gasteiger partial charge is 0.436 e. The molecular formula is C22H28N2O. The van der Waals surface area contributed by atoms with E-state index in [1.54, 1.807) is 18.7 Å². The Morgan fingerprint density at radius 3 is 2.60 bits per heavy atom. The van der Waals surface area contributed by atoms with Gasteiger partial charge in [-0.1, -0.05) is 25.8 Å². The van der Waals surface area contributed by atoms with Gasteiger partial charge in [0, 0.05) is 39.0 Å². The third-order valence-corrected chi connectivity index (χ3v) is 5.18. The lowest BCUT2D eigenvalue weighted by Crippen LogP contribution is -2.43. The summed E-state index contributed by atoms with van der Waals surface area (Å²) in [5.41, 5.74) is -1.29. The van der Waals surface area contributed by atoms with Crippen LogP contribution in [0.15, 0.2) is 28.7 Å². The topological polar surface area (TPSA) is 29.3 Å². The van der Waals surface area contributed by atoms with Crippen LogP contribution >= 0.6 is 0 Å². The first-order valence-corrected chi connectivity index (χ1v) is 8.50. The third-order valence-electron chi connectivity index (χ3n) is 5.18. The zero-order valence-electron chi connectivity index (χ0n) is 23.2. The maximum absolute atomic E-state index is 8.99. The fourth-order valence-corrected chi connectivity index (χ4v) is 3.99. The number of anilines is 1. The summed E-state index contributed by atoms with van der Waals surface area (Å²) in [7, 11) is 0. The molecule has 0 N–H and O–H groups in total. The minimum atomic E-state index is -3.10. The van der Waals surface area contributed by atoms with Crippen LogP contribution in [0.25, 0.3) is 22.1 Å². The van der Waals surface area contributed by atoms with E-state index in [-0.39, 0.29) is 0 Å². The molecule has 0 amide bonds. The zero-order valence-corrected chi connectivity index (χ0v) is 15.2. The molecule has 1 unspecified atom stereocenters. The molecule has 132 valence electrons. The molecule has 0 bridgehead atoms. The van der Waals surface area contributed by atoms with Gasteiger partial charge in [0.25, 0.3) is 0 Å². The van der Waals surface area contributed by atoms with Gasteiger partial charge in [0.05, 0.1) is 5.69 Å². The van der Waals surface area contributed by atoms with E-state index in [0.717, 1.165) is 22.0 Å². The van der Waals surface area contributed by atoms with Gasteiger partial charge in [-0.05, 0) is 64.1 Å². The van der Waals surface area contributed by atoms with E-state index in [4.69, 9.17) is 15.4 Å². The van der Waals surface area contributed by atoms with Crippen LogP contribution in [0.5, 0.6) is 0 Å². The quantitative estimate of drug-likeness (QED) is 0.542. The summed E-state index contributed by atoms with van der Waals surface area (Å²) in [6.07, 6.45) is -2.61. The van der Waals surface area contributed by atoms with Crippen LogP contribution in [-0.4, -0.2) is 16.6 Å². The van der Waals surface area contributed by atoms with Crippen molar-refractivity contribution in [2.75, 3.05) is 4.90 Å². The van der Waals surface area contributed by atoms with Gasteiger partial charge in [0.15, 0.2) is 5.58 Å². The third kappa shape index (κ3) is 2.28. The average molecular weight is 345 g/mol. The molecule has 0 aliphatic carbocycles. The first kappa shape index (κ1) is 9.61. The number of benzene rings is 1. The normalized spacial score (nSPS) is 30.0. The monoisotopic (exact) mass is 344 g/mol. The number of nitrogens with zero attached hydrogens (tertiary/aromatic N) is 2. The van der Waals surface area contributed by atoms with Gasteiger partial charge in [-0.15, -0.1) is 0 Å².